The van der Waals surface area contributed by atoms with Crippen molar-refractivity contribution >= 4 is 28.4 Å². The molecule has 1 atom stereocenters. The number of alkyl halides is 3. The molecule has 0 saturated heterocycles. The van der Waals surface area contributed by atoms with Crippen molar-refractivity contribution in [3.8, 4) is 11.1 Å². The third-order valence-corrected chi connectivity index (χ3v) is 5.34. The fraction of sp³-hybridized carbons (Fsp3) is 0.174. The van der Waals surface area contributed by atoms with Gasteiger partial charge in [0.1, 0.15) is 17.8 Å². The first-order valence-corrected chi connectivity index (χ1v) is 9.89. The highest BCUT2D eigenvalue weighted by Crippen LogP contribution is 2.35. The van der Waals surface area contributed by atoms with Crippen molar-refractivity contribution in [1.82, 2.24) is 14.5 Å². The van der Waals surface area contributed by atoms with Gasteiger partial charge in [-0.2, -0.15) is 13.2 Å². The number of aryl methyl sites for hydroxylation is 2. The van der Waals surface area contributed by atoms with Crippen LogP contribution in [0.3, 0.4) is 0 Å². The fourth-order valence-electron chi connectivity index (χ4n) is 3.73. The van der Waals surface area contributed by atoms with E-state index >= 15 is 0 Å². The summed E-state index contributed by atoms with van der Waals surface area (Å²) < 4.78 is 40.6. The number of amides is 1. The van der Waals surface area contributed by atoms with Crippen LogP contribution in [-0.2, 0) is 18.0 Å². The number of anilines is 2. The average molecular weight is 455 g/mol. The summed E-state index contributed by atoms with van der Waals surface area (Å²) in [6, 6.07) is 9.16. The number of nitrogens with one attached hydrogen (secondary N) is 1. The number of rotatable bonds is 4. The van der Waals surface area contributed by atoms with E-state index in [4.69, 9.17) is 5.73 Å². The molecule has 0 aliphatic rings. The number of nitrogen functional groups attached to an aromatic ring is 1. The predicted molar refractivity (Wildman–Crippen MR) is 118 cm³/mol. The largest absolute Gasteiger partial charge is 0.416 e. The number of fused-ring (bicyclic) bond motifs is 1. The standard InChI is InChI=1S/C23H20F3N5O2/c1-12-8-15(30-22(33)19(32)13-4-3-5-14(9-13)23(24,25)26)6-7-16(12)17-10-31(2)21-18(17)20(27)28-11-29-21/h3-11,19,32H,1-2H3,(H,30,33)(H2,27,28,29). The summed E-state index contributed by atoms with van der Waals surface area (Å²) in [5, 5.41) is 13.5. The molecule has 10 heteroatoms. The summed E-state index contributed by atoms with van der Waals surface area (Å²) in [4.78, 5) is 20.8. The molecule has 170 valence electrons. The molecule has 4 rings (SSSR count). The highest BCUT2D eigenvalue weighted by Gasteiger charge is 2.31. The van der Waals surface area contributed by atoms with Crippen LogP contribution in [0.15, 0.2) is 55.0 Å². The van der Waals surface area contributed by atoms with E-state index in [9.17, 15) is 23.1 Å². The quantitative estimate of drug-likeness (QED) is 0.427. The molecule has 4 aromatic rings. The van der Waals surface area contributed by atoms with Crippen molar-refractivity contribution in [2.45, 2.75) is 19.2 Å². The molecule has 1 amide bonds. The van der Waals surface area contributed by atoms with Crippen LogP contribution in [-0.4, -0.2) is 25.5 Å². The van der Waals surface area contributed by atoms with Gasteiger partial charge < -0.3 is 20.7 Å². The Hall–Kier alpha value is -3.92. The van der Waals surface area contributed by atoms with E-state index in [0.717, 1.165) is 34.9 Å². The SMILES string of the molecule is Cc1cc(NC(=O)C(O)c2cccc(C(F)(F)F)c2)ccc1-c1cn(C)c2ncnc(N)c12. The zero-order valence-corrected chi connectivity index (χ0v) is 17.7. The number of halogens is 3. The van der Waals surface area contributed by atoms with E-state index in [1.165, 1.54) is 12.4 Å². The van der Waals surface area contributed by atoms with Gasteiger partial charge in [0, 0.05) is 24.5 Å². The molecule has 2 aromatic heterocycles. The van der Waals surface area contributed by atoms with Gasteiger partial charge in [-0.15, -0.1) is 0 Å². The number of nitrogens with two attached hydrogens (primary N) is 1. The lowest BCUT2D eigenvalue weighted by Gasteiger charge is -2.15. The van der Waals surface area contributed by atoms with Crippen molar-refractivity contribution in [2.75, 3.05) is 11.1 Å². The van der Waals surface area contributed by atoms with E-state index in [1.54, 1.807) is 18.2 Å². The van der Waals surface area contributed by atoms with Crippen molar-refractivity contribution in [3.05, 3.63) is 71.7 Å². The molecule has 0 aliphatic heterocycles. The Balaban J connectivity index is 1.59. The first kappa shape index (κ1) is 22.3. The molecule has 0 radical (unpaired) electrons. The second-order valence-corrected chi connectivity index (χ2v) is 7.66. The first-order valence-electron chi connectivity index (χ1n) is 9.89. The number of benzene rings is 2. The number of aromatic nitrogens is 3. The van der Waals surface area contributed by atoms with E-state index in [0.29, 0.717) is 22.5 Å². The molecule has 2 heterocycles. The highest BCUT2D eigenvalue weighted by molar-refractivity contribution is 6.01. The normalized spacial score (nSPS) is 12.7. The fourth-order valence-corrected chi connectivity index (χ4v) is 3.73. The molecule has 1 unspecified atom stereocenters. The Morgan fingerprint density at radius 3 is 2.61 bits per heavy atom. The van der Waals surface area contributed by atoms with Gasteiger partial charge in [-0.25, -0.2) is 9.97 Å². The lowest BCUT2D eigenvalue weighted by molar-refractivity contribution is -0.138. The topological polar surface area (TPSA) is 106 Å². The van der Waals surface area contributed by atoms with Crippen LogP contribution in [0, 0.1) is 6.92 Å². The van der Waals surface area contributed by atoms with Crippen LogP contribution in [0.1, 0.15) is 22.8 Å². The second kappa shape index (κ2) is 8.21. The van der Waals surface area contributed by atoms with E-state index in [-0.39, 0.29) is 5.56 Å². The number of aliphatic hydroxyl groups excluding tert-OH is 1. The third kappa shape index (κ3) is 4.24. The zero-order valence-electron chi connectivity index (χ0n) is 17.7. The predicted octanol–water partition coefficient (Wildman–Crippen LogP) is 4.22. The van der Waals surface area contributed by atoms with Crippen molar-refractivity contribution in [1.29, 1.82) is 0 Å². The van der Waals surface area contributed by atoms with Crippen LogP contribution >= 0.6 is 0 Å². The lowest BCUT2D eigenvalue weighted by atomic mass is 10.00. The minimum Gasteiger partial charge on any atom is -0.383 e. The summed E-state index contributed by atoms with van der Waals surface area (Å²) in [6.45, 7) is 1.84. The molecular formula is C23H20F3N5O2. The van der Waals surface area contributed by atoms with E-state index in [2.05, 4.69) is 15.3 Å². The number of nitrogens with zero attached hydrogens (tertiary/aromatic N) is 3. The Kier molecular flexibility index (Phi) is 5.54. The van der Waals surface area contributed by atoms with Gasteiger partial charge in [0.2, 0.25) is 0 Å². The van der Waals surface area contributed by atoms with Gasteiger partial charge in [-0.3, -0.25) is 4.79 Å². The number of aliphatic hydroxyl groups is 1. The molecule has 2 aromatic carbocycles. The Bertz CT molecular complexity index is 1360. The van der Waals surface area contributed by atoms with Gasteiger partial charge in [-0.05, 0) is 47.9 Å². The Morgan fingerprint density at radius 1 is 1.15 bits per heavy atom. The number of carbonyl (C=O) groups is 1. The molecule has 0 aliphatic carbocycles. The second-order valence-electron chi connectivity index (χ2n) is 7.66. The monoisotopic (exact) mass is 455 g/mol. The molecule has 0 saturated carbocycles. The maximum atomic E-state index is 12.9. The zero-order chi connectivity index (χ0) is 23.9. The molecular weight excluding hydrogens is 435 g/mol. The van der Waals surface area contributed by atoms with Crippen molar-refractivity contribution < 1.29 is 23.1 Å². The smallest absolute Gasteiger partial charge is 0.383 e. The van der Waals surface area contributed by atoms with E-state index in [1.807, 2.05) is 24.7 Å². The summed E-state index contributed by atoms with van der Waals surface area (Å²) in [5.74, 6) is -0.499. The number of carbonyl (C=O) groups excluding carboxylic acids is 1. The van der Waals surface area contributed by atoms with Gasteiger partial charge in [0.15, 0.2) is 6.10 Å². The van der Waals surface area contributed by atoms with Crippen LogP contribution in [0.25, 0.3) is 22.2 Å². The van der Waals surface area contributed by atoms with Crippen LogP contribution < -0.4 is 11.1 Å². The van der Waals surface area contributed by atoms with Gasteiger partial charge in [-0.1, -0.05) is 18.2 Å². The molecule has 0 fully saturated rings. The first-order chi connectivity index (χ1) is 15.6. The summed E-state index contributed by atoms with van der Waals surface area (Å²) >= 11 is 0. The summed E-state index contributed by atoms with van der Waals surface area (Å²) in [7, 11) is 1.84. The van der Waals surface area contributed by atoms with Gasteiger partial charge in [0.05, 0.1) is 10.9 Å². The van der Waals surface area contributed by atoms with Crippen LogP contribution in [0.5, 0.6) is 0 Å². The lowest BCUT2D eigenvalue weighted by Crippen LogP contribution is -2.21. The van der Waals surface area contributed by atoms with Gasteiger partial charge in [0.25, 0.3) is 5.91 Å². The maximum Gasteiger partial charge on any atom is 0.416 e. The Morgan fingerprint density at radius 2 is 1.91 bits per heavy atom. The van der Waals surface area contributed by atoms with Crippen LogP contribution in [0.4, 0.5) is 24.7 Å². The number of hydrogen-bond acceptors (Lipinski definition) is 5. The van der Waals surface area contributed by atoms with Crippen molar-refractivity contribution in [2.24, 2.45) is 7.05 Å². The minimum atomic E-state index is -4.57. The highest BCUT2D eigenvalue weighted by atomic mass is 19.4. The molecule has 0 bridgehead atoms. The van der Waals surface area contributed by atoms with Crippen molar-refractivity contribution in [3.63, 3.8) is 0 Å². The number of hydrogen-bond donors (Lipinski definition) is 3. The summed E-state index contributed by atoms with van der Waals surface area (Å²) in [6.07, 6.45) is -3.06. The molecule has 4 N–H and O–H groups in total. The maximum absolute atomic E-state index is 12.9. The minimum absolute atomic E-state index is 0.151. The Labute approximate surface area is 186 Å². The molecule has 33 heavy (non-hydrogen) atoms. The molecule has 0 spiro atoms. The summed E-state index contributed by atoms with van der Waals surface area (Å²) in [5.41, 5.74) is 8.51. The average Bonchev–Trinajstić information content (AvgIpc) is 3.10. The molecule has 7 nitrogen and oxygen atoms in total. The third-order valence-electron chi connectivity index (χ3n) is 5.34. The van der Waals surface area contributed by atoms with Crippen LogP contribution in [0.2, 0.25) is 0 Å². The van der Waals surface area contributed by atoms with Gasteiger partial charge >= 0.3 is 6.18 Å². The van der Waals surface area contributed by atoms with E-state index < -0.39 is 23.8 Å².